The van der Waals surface area contributed by atoms with Crippen molar-refractivity contribution in [2.24, 2.45) is 0 Å². The van der Waals surface area contributed by atoms with Gasteiger partial charge < -0.3 is 4.74 Å². The summed E-state index contributed by atoms with van der Waals surface area (Å²) in [5.74, 6) is 0.0632. The number of halogens is 2. The zero-order valence-corrected chi connectivity index (χ0v) is 20.0. The Morgan fingerprint density at radius 3 is 2.45 bits per heavy atom. The van der Waals surface area contributed by atoms with Crippen molar-refractivity contribution < 1.29 is 17.9 Å². The summed E-state index contributed by atoms with van der Waals surface area (Å²) in [5.41, 5.74) is 0.662. The van der Waals surface area contributed by atoms with E-state index in [0.717, 1.165) is 0 Å². The van der Waals surface area contributed by atoms with E-state index in [2.05, 4.69) is 30.6 Å². The summed E-state index contributed by atoms with van der Waals surface area (Å²) in [6, 6.07) is 8.91. The molecule has 7 nitrogen and oxygen atoms in total. The topological polar surface area (TPSA) is 98.3 Å². The molecule has 0 amide bonds. The van der Waals surface area contributed by atoms with E-state index in [-0.39, 0.29) is 27.4 Å². The molecule has 3 rings (SSSR count). The van der Waals surface area contributed by atoms with Gasteiger partial charge in [-0.3, -0.25) is 14.5 Å². The molecule has 0 spiro atoms. The molecule has 2 aromatic heterocycles. The van der Waals surface area contributed by atoms with E-state index >= 15 is 0 Å². The third-order valence-electron chi connectivity index (χ3n) is 4.12. The number of sulfonamides is 1. The Hall–Kier alpha value is -2.49. The van der Waals surface area contributed by atoms with Crippen LogP contribution in [0.3, 0.4) is 0 Å². The third kappa shape index (κ3) is 5.61. The minimum Gasteiger partial charge on any atom is -0.491 e. The number of ketones is 1. The molecule has 0 radical (unpaired) electrons. The molecule has 10 heteroatoms. The van der Waals surface area contributed by atoms with Crippen LogP contribution in [0.2, 0.25) is 5.02 Å². The summed E-state index contributed by atoms with van der Waals surface area (Å²) in [6.07, 6.45) is 2.81. The van der Waals surface area contributed by atoms with Gasteiger partial charge in [0.15, 0.2) is 0 Å². The van der Waals surface area contributed by atoms with Crippen molar-refractivity contribution in [3.8, 4) is 5.75 Å². The van der Waals surface area contributed by atoms with Crippen LogP contribution in [-0.4, -0.2) is 30.3 Å². The molecule has 0 bridgehead atoms. The zero-order valence-electron chi connectivity index (χ0n) is 16.9. The fourth-order valence-corrected chi connectivity index (χ4v) is 4.28. The number of anilines is 1. The number of ether oxygens (including phenoxy) is 1. The number of nitrogens with one attached hydrogen (secondary N) is 1. The second kappa shape index (κ2) is 9.33. The number of rotatable bonds is 7. The number of nitrogens with zero attached hydrogens (tertiary/aromatic N) is 2. The maximum atomic E-state index is 13.1. The van der Waals surface area contributed by atoms with Crippen LogP contribution in [0, 0.1) is 6.92 Å². The maximum absolute atomic E-state index is 13.1. The summed E-state index contributed by atoms with van der Waals surface area (Å²) in [4.78, 5) is 21.3. The first-order chi connectivity index (χ1) is 14.6. The van der Waals surface area contributed by atoms with Gasteiger partial charge in [-0.2, -0.15) is 0 Å². The van der Waals surface area contributed by atoms with Crippen molar-refractivity contribution in [3.63, 3.8) is 0 Å². The Kier molecular flexibility index (Phi) is 6.98. The Morgan fingerprint density at radius 2 is 1.81 bits per heavy atom. The van der Waals surface area contributed by atoms with Gasteiger partial charge in [-0.05, 0) is 73.1 Å². The minimum absolute atomic E-state index is 0.00211. The first-order valence-electron chi connectivity index (χ1n) is 9.19. The van der Waals surface area contributed by atoms with Crippen LogP contribution in [0.4, 0.5) is 5.69 Å². The summed E-state index contributed by atoms with van der Waals surface area (Å²) in [5, 5.41) is 0.180. The molecule has 1 aromatic carbocycles. The van der Waals surface area contributed by atoms with Crippen LogP contribution < -0.4 is 9.46 Å². The maximum Gasteiger partial charge on any atom is 0.261 e. The molecular weight excluding hydrogens is 506 g/mol. The van der Waals surface area contributed by atoms with E-state index in [1.807, 2.05) is 13.8 Å². The number of hydrogen-bond donors (Lipinski definition) is 1. The molecule has 0 aliphatic rings. The highest BCUT2D eigenvalue weighted by Gasteiger charge is 2.23. The van der Waals surface area contributed by atoms with Gasteiger partial charge in [0.2, 0.25) is 5.78 Å². The normalized spacial score (nSPS) is 11.4. The molecule has 0 saturated carbocycles. The van der Waals surface area contributed by atoms with E-state index in [0.29, 0.717) is 21.5 Å². The smallest absolute Gasteiger partial charge is 0.261 e. The largest absolute Gasteiger partial charge is 0.491 e. The van der Waals surface area contributed by atoms with Crippen LogP contribution in [0.1, 0.15) is 35.6 Å². The highest BCUT2D eigenvalue weighted by molar-refractivity contribution is 9.10. The molecule has 0 unspecified atom stereocenters. The van der Waals surface area contributed by atoms with Crippen LogP contribution in [0.5, 0.6) is 5.75 Å². The lowest BCUT2D eigenvalue weighted by Crippen LogP contribution is -2.17. The van der Waals surface area contributed by atoms with Crippen LogP contribution in [-0.2, 0) is 10.0 Å². The average Bonchev–Trinajstić information content (AvgIpc) is 2.69. The first kappa shape index (κ1) is 23.2. The summed E-state index contributed by atoms with van der Waals surface area (Å²) >= 11 is 9.31. The minimum atomic E-state index is -4.01. The van der Waals surface area contributed by atoms with Gasteiger partial charge in [-0.1, -0.05) is 11.6 Å². The highest BCUT2D eigenvalue weighted by atomic mass is 79.9. The van der Waals surface area contributed by atoms with E-state index in [9.17, 15) is 13.2 Å². The van der Waals surface area contributed by atoms with Crippen molar-refractivity contribution in [2.45, 2.75) is 31.8 Å². The van der Waals surface area contributed by atoms with Gasteiger partial charge in [0.1, 0.15) is 11.4 Å². The monoisotopic (exact) mass is 523 g/mol. The number of pyridine rings is 2. The Labute approximate surface area is 194 Å². The number of carbonyl (C=O) groups is 1. The number of carbonyl (C=O) groups excluding carboxylic acids is 1. The van der Waals surface area contributed by atoms with E-state index in [4.69, 9.17) is 16.3 Å². The predicted molar refractivity (Wildman–Crippen MR) is 122 cm³/mol. The molecule has 1 N–H and O–H groups in total. The first-order valence-corrected chi connectivity index (χ1v) is 11.8. The Bertz CT molecular complexity index is 1230. The molecular formula is C21H19BrClN3O4S. The van der Waals surface area contributed by atoms with Gasteiger partial charge in [0.05, 0.1) is 21.7 Å². The summed E-state index contributed by atoms with van der Waals surface area (Å²) in [7, 11) is -4.01. The van der Waals surface area contributed by atoms with Crippen molar-refractivity contribution >= 4 is 49.0 Å². The molecule has 0 aliphatic heterocycles. The quantitative estimate of drug-likeness (QED) is 0.436. The second-order valence-corrected chi connectivity index (χ2v) is 9.94. The summed E-state index contributed by atoms with van der Waals surface area (Å²) in [6.45, 7) is 5.43. The number of aryl methyl sites for hydroxylation is 1. The van der Waals surface area contributed by atoms with Crippen molar-refractivity contribution in [2.75, 3.05) is 4.72 Å². The van der Waals surface area contributed by atoms with E-state index < -0.39 is 15.8 Å². The van der Waals surface area contributed by atoms with E-state index in [1.54, 1.807) is 31.3 Å². The number of aromatic nitrogens is 2. The second-order valence-electron chi connectivity index (χ2n) is 6.91. The predicted octanol–water partition coefficient (Wildman–Crippen LogP) is 5.02. The third-order valence-corrected chi connectivity index (χ3v) is 6.14. The van der Waals surface area contributed by atoms with E-state index in [1.165, 1.54) is 24.4 Å². The average molecular weight is 525 g/mol. The fraction of sp³-hybridized carbons (Fsp3) is 0.190. The lowest BCUT2D eigenvalue weighted by Gasteiger charge is -2.14. The lowest BCUT2D eigenvalue weighted by molar-refractivity contribution is 0.103. The molecule has 2 heterocycles. The fourth-order valence-electron chi connectivity index (χ4n) is 2.74. The van der Waals surface area contributed by atoms with Crippen molar-refractivity contribution in [1.29, 1.82) is 0 Å². The molecule has 0 aliphatic carbocycles. The molecule has 3 aromatic rings. The Morgan fingerprint density at radius 1 is 1.13 bits per heavy atom. The van der Waals surface area contributed by atoms with Gasteiger partial charge in [-0.25, -0.2) is 13.4 Å². The highest BCUT2D eigenvalue weighted by Crippen LogP contribution is 2.26. The van der Waals surface area contributed by atoms with Crippen LogP contribution >= 0.6 is 27.5 Å². The molecule has 162 valence electrons. The van der Waals surface area contributed by atoms with Crippen molar-refractivity contribution in [1.82, 2.24) is 9.97 Å². The van der Waals surface area contributed by atoms with Gasteiger partial charge in [0.25, 0.3) is 10.0 Å². The van der Waals surface area contributed by atoms with Crippen LogP contribution in [0.25, 0.3) is 0 Å². The van der Waals surface area contributed by atoms with Gasteiger partial charge in [-0.15, -0.1) is 0 Å². The molecule has 0 saturated heterocycles. The standard InChI is InChI=1S/C21H19BrClN3O4S/c1-12(2)30-16-4-6-17(7-5-16)31(28,29)26-19-9-15(23)11-25-20(19)21(27)18-8-14(22)10-24-13(18)3/h4-12,26H,1-3H3. The Balaban J connectivity index is 1.97. The molecule has 0 fully saturated rings. The van der Waals surface area contributed by atoms with Crippen LogP contribution in [0.15, 0.2) is 58.2 Å². The van der Waals surface area contributed by atoms with Gasteiger partial charge >= 0.3 is 0 Å². The zero-order chi connectivity index (χ0) is 22.8. The SMILES string of the molecule is Cc1ncc(Br)cc1C(=O)c1ncc(Cl)cc1NS(=O)(=O)c1ccc(OC(C)C)cc1. The van der Waals surface area contributed by atoms with Crippen molar-refractivity contribution in [3.05, 3.63) is 75.2 Å². The molecule has 0 atom stereocenters. The molecule has 31 heavy (non-hydrogen) atoms. The number of hydrogen-bond acceptors (Lipinski definition) is 6. The van der Waals surface area contributed by atoms with Gasteiger partial charge in [0, 0.05) is 28.1 Å². The summed E-state index contributed by atoms with van der Waals surface area (Å²) < 4.78 is 34.4. The number of benzene rings is 1. The lowest BCUT2D eigenvalue weighted by atomic mass is 10.1.